The number of anilines is 2. The zero-order valence-electron chi connectivity index (χ0n) is 23.6. The molecule has 4 aromatic carbocycles. The molecule has 0 bridgehead atoms. The van der Waals surface area contributed by atoms with Gasteiger partial charge in [-0.1, -0.05) is 64.9 Å². The molecule has 1 heterocycles. The molecule has 1 atom stereocenters. The normalized spacial score (nSPS) is 12.0. The van der Waals surface area contributed by atoms with Crippen LogP contribution in [0.3, 0.4) is 0 Å². The van der Waals surface area contributed by atoms with E-state index in [0.29, 0.717) is 32.0 Å². The van der Waals surface area contributed by atoms with Gasteiger partial charge in [0.1, 0.15) is 5.70 Å². The number of thioether (sulfide) groups is 1. The highest BCUT2D eigenvalue weighted by Crippen LogP contribution is 2.30. The highest BCUT2D eigenvalue weighted by atomic mass is 35.5. The summed E-state index contributed by atoms with van der Waals surface area (Å²) < 4.78 is 1.02. The zero-order valence-corrected chi connectivity index (χ0v) is 26.7. The van der Waals surface area contributed by atoms with Crippen LogP contribution >= 0.6 is 46.3 Å². The van der Waals surface area contributed by atoms with Crippen molar-refractivity contribution in [3.8, 4) is 0 Å². The summed E-state index contributed by atoms with van der Waals surface area (Å²) in [6.45, 7) is 3.84. The van der Waals surface area contributed by atoms with Crippen LogP contribution in [0.25, 0.3) is 16.3 Å². The Morgan fingerprint density at radius 2 is 1.59 bits per heavy atom. The molecule has 3 N–H and O–H groups in total. The fraction of sp³-hybridized carbons (Fsp3) is 0.0909. The lowest BCUT2D eigenvalue weighted by Crippen LogP contribution is -2.30. The van der Waals surface area contributed by atoms with Crippen LogP contribution in [-0.4, -0.2) is 28.0 Å². The summed E-state index contributed by atoms with van der Waals surface area (Å²) in [6.07, 6.45) is 1.44. The summed E-state index contributed by atoms with van der Waals surface area (Å²) in [5.41, 5.74) is 3.22. The molecule has 11 heteroatoms. The number of benzene rings is 4. The van der Waals surface area contributed by atoms with Crippen molar-refractivity contribution in [2.45, 2.75) is 24.0 Å². The van der Waals surface area contributed by atoms with Gasteiger partial charge in [0, 0.05) is 31.8 Å². The van der Waals surface area contributed by atoms with E-state index in [1.54, 1.807) is 72.8 Å². The molecule has 0 aliphatic rings. The smallest absolute Gasteiger partial charge is 0.272 e. The van der Waals surface area contributed by atoms with Gasteiger partial charge in [-0.3, -0.25) is 14.4 Å². The topological polar surface area (TPSA) is 100 Å². The van der Waals surface area contributed by atoms with E-state index in [0.717, 1.165) is 20.7 Å². The Hall–Kier alpha value is -4.15. The third kappa shape index (κ3) is 7.86. The lowest BCUT2D eigenvalue weighted by atomic mass is 10.1. The number of thiazole rings is 1. The molecule has 44 heavy (non-hydrogen) atoms. The number of nitrogens with zero attached hydrogens (tertiary/aromatic N) is 1. The molecule has 1 aromatic heterocycles. The second-order valence-corrected chi connectivity index (χ2v) is 13.0. The Morgan fingerprint density at radius 3 is 2.30 bits per heavy atom. The average molecular weight is 662 g/mol. The standard InChI is InChI=1S/C33H26Cl2N4O3S2/c1-19-11-16-27-29(17-19)44-33(38-27)39-30(40)20(2)43-23-14-12-22(13-15-23)36-32(42)28(18-24-25(34)9-6-10-26(24)35)37-31(41)21-7-4-3-5-8-21/h3-18,20H,1-2H3,(H,36,42)(H,37,41)(H,38,39,40)/b28-18-. The van der Waals surface area contributed by atoms with Crippen molar-refractivity contribution < 1.29 is 14.4 Å². The summed E-state index contributed by atoms with van der Waals surface area (Å²) in [5, 5.41) is 9.21. The van der Waals surface area contributed by atoms with Gasteiger partial charge in [-0.25, -0.2) is 4.98 Å². The van der Waals surface area contributed by atoms with Crippen molar-refractivity contribution in [1.82, 2.24) is 10.3 Å². The van der Waals surface area contributed by atoms with Gasteiger partial charge in [0.15, 0.2) is 5.13 Å². The summed E-state index contributed by atoms with van der Waals surface area (Å²) in [7, 11) is 0. The minimum absolute atomic E-state index is 0.0393. The lowest BCUT2D eigenvalue weighted by Gasteiger charge is -2.13. The molecular weight excluding hydrogens is 635 g/mol. The number of amides is 3. The van der Waals surface area contributed by atoms with Crippen LogP contribution in [0, 0.1) is 6.92 Å². The number of hydrogen-bond donors (Lipinski definition) is 3. The maximum atomic E-state index is 13.4. The van der Waals surface area contributed by atoms with Gasteiger partial charge in [0.05, 0.1) is 15.5 Å². The number of aryl methyl sites for hydroxylation is 1. The Labute approximate surface area is 272 Å². The number of carbonyl (C=O) groups is 3. The van der Waals surface area contributed by atoms with Crippen molar-refractivity contribution in [2.24, 2.45) is 0 Å². The van der Waals surface area contributed by atoms with Crippen LogP contribution in [0.5, 0.6) is 0 Å². The van der Waals surface area contributed by atoms with Gasteiger partial charge in [0.2, 0.25) is 5.91 Å². The van der Waals surface area contributed by atoms with Gasteiger partial charge < -0.3 is 16.0 Å². The predicted octanol–water partition coefficient (Wildman–Crippen LogP) is 8.44. The summed E-state index contributed by atoms with van der Waals surface area (Å²) >= 11 is 15.5. The highest BCUT2D eigenvalue weighted by molar-refractivity contribution is 8.00. The van der Waals surface area contributed by atoms with Crippen molar-refractivity contribution in [3.05, 3.63) is 123 Å². The van der Waals surface area contributed by atoms with E-state index in [-0.39, 0.29) is 11.6 Å². The predicted molar refractivity (Wildman–Crippen MR) is 182 cm³/mol. The fourth-order valence-electron chi connectivity index (χ4n) is 4.10. The van der Waals surface area contributed by atoms with E-state index in [9.17, 15) is 14.4 Å². The third-order valence-corrected chi connectivity index (χ3v) is 9.09. The average Bonchev–Trinajstić information content (AvgIpc) is 3.41. The number of rotatable bonds is 9. The second-order valence-electron chi connectivity index (χ2n) is 9.73. The molecule has 5 aromatic rings. The second kappa shape index (κ2) is 14.1. The number of hydrogen-bond acceptors (Lipinski definition) is 6. The molecule has 0 saturated heterocycles. The number of fused-ring (bicyclic) bond motifs is 1. The molecule has 0 aliphatic heterocycles. The van der Waals surface area contributed by atoms with E-state index >= 15 is 0 Å². The Bertz CT molecular complexity index is 1860. The molecule has 5 rings (SSSR count). The van der Waals surface area contributed by atoms with E-state index < -0.39 is 17.1 Å². The van der Waals surface area contributed by atoms with Crippen molar-refractivity contribution in [1.29, 1.82) is 0 Å². The first-order valence-electron chi connectivity index (χ1n) is 13.4. The van der Waals surface area contributed by atoms with Crippen molar-refractivity contribution in [2.75, 3.05) is 10.6 Å². The zero-order chi connectivity index (χ0) is 31.2. The Kier molecular flexibility index (Phi) is 10.0. The molecule has 0 radical (unpaired) electrons. The van der Waals surface area contributed by atoms with Gasteiger partial charge >= 0.3 is 0 Å². The monoisotopic (exact) mass is 660 g/mol. The lowest BCUT2D eigenvalue weighted by molar-refractivity contribution is -0.115. The first-order valence-corrected chi connectivity index (χ1v) is 15.9. The van der Waals surface area contributed by atoms with Crippen LogP contribution in [0.15, 0.2) is 102 Å². The van der Waals surface area contributed by atoms with Crippen LogP contribution in [-0.2, 0) is 9.59 Å². The first-order chi connectivity index (χ1) is 21.2. The maximum absolute atomic E-state index is 13.4. The number of halogens is 2. The molecular formula is C33H26Cl2N4O3S2. The molecule has 3 amide bonds. The fourth-order valence-corrected chi connectivity index (χ4v) is 6.44. The van der Waals surface area contributed by atoms with E-state index in [2.05, 4.69) is 20.9 Å². The molecule has 1 unspecified atom stereocenters. The molecule has 0 saturated carbocycles. The van der Waals surface area contributed by atoms with Gasteiger partial charge in [-0.2, -0.15) is 0 Å². The highest BCUT2D eigenvalue weighted by Gasteiger charge is 2.19. The summed E-state index contributed by atoms with van der Waals surface area (Å²) in [5.74, 6) is -1.19. The molecule has 7 nitrogen and oxygen atoms in total. The Balaban J connectivity index is 1.26. The third-order valence-electron chi connectivity index (χ3n) is 6.39. The van der Waals surface area contributed by atoms with E-state index in [1.165, 1.54) is 29.2 Å². The molecule has 0 fully saturated rings. The van der Waals surface area contributed by atoms with Gasteiger partial charge in [-0.05, 0) is 86.2 Å². The molecule has 0 spiro atoms. The van der Waals surface area contributed by atoms with E-state index in [4.69, 9.17) is 23.2 Å². The summed E-state index contributed by atoms with van der Waals surface area (Å²) in [6, 6.07) is 26.6. The SMILES string of the molecule is Cc1ccc2nc(NC(=O)C(C)Sc3ccc(NC(=O)/C(=C/c4c(Cl)cccc4Cl)NC(=O)c4ccccc4)cc3)sc2c1. The van der Waals surface area contributed by atoms with Crippen LogP contribution in [0.4, 0.5) is 10.8 Å². The number of aromatic nitrogens is 1. The van der Waals surface area contributed by atoms with Crippen LogP contribution in [0.2, 0.25) is 10.0 Å². The maximum Gasteiger partial charge on any atom is 0.272 e. The van der Waals surface area contributed by atoms with Crippen molar-refractivity contribution in [3.63, 3.8) is 0 Å². The minimum Gasteiger partial charge on any atom is -0.321 e. The quantitative estimate of drug-likeness (QED) is 0.109. The molecule has 222 valence electrons. The summed E-state index contributed by atoms with van der Waals surface area (Å²) in [4.78, 5) is 44.5. The van der Waals surface area contributed by atoms with Crippen LogP contribution < -0.4 is 16.0 Å². The van der Waals surface area contributed by atoms with Crippen molar-refractivity contribution >= 4 is 91.1 Å². The molecule has 0 aliphatic carbocycles. The van der Waals surface area contributed by atoms with Crippen LogP contribution in [0.1, 0.15) is 28.4 Å². The minimum atomic E-state index is -0.565. The number of carbonyl (C=O) groups excluding carboxylic acids is 3. The number of nitrogens with one attached hydrogen (secondary N) is 3. The van der Waals surface area contributed by atoms with Gasteiger partial charge in [-0.15, -0.1) is 11.8 Å². The Morgan fingerprint density at radius 1 is 0.886 bits per heavy atom. The van der Waals surface area contributed by atoms with Gasteiger partial charge in [0.25, 0.3) is 11.8 Å². The largest absolute Gasteiger partial charge is 0.321 e. The van der Waals surface area contributed by atoms with E-state index in [1.807, 2.05) is 32.0 Å². The first kappa shape index (κ1) is 31.3.